The zero-order valence-corrected chi connectivity index (χ0v) is 36.9. The Morgan fingerprint density at radius 3 is 2.26 bits per heavy atom. The Hall–Kier alpha value is -4.33. The highest BCUT2D eigenvalue weighted by Crippen LogP contribution is 2.24. The molecule has 0 spiro atoms. The molecule has 0 saturated heterocycles. The number of para-hydroxylation sites is 1. The largest absolute Gasteiger partial charge is 0.477 e. The van der Waals surface area contributed by atoms with Crippen LogP contribution in [0.5, 0.6) is 11.5 Å². The third-order valence-electron chi connectivity index (χ3n) is 9.67. The number of aliphatic carboxylic acids is 1. The molecule has 2 aromatic carbocycles. The molecule has 2 rings (SSSR count). The number of rotatable bonds is 39. The first-order valence-electron chi connectivity index (χ1n) is 21.6. The molecule has 3 atom stereocenters. The third-order valence-corrected chi connectivity index (χ3v) is 9.67. The van der Waals surface area contributed by atoms with E-state index in [0.29, 0.717) is 101 Å². The van der Waals surface area contributed by atoms with Crippen LogP contribution in [0.2, 0.25) is 0 Å². The minimum absolute atomic E-state index is 0.0124. The van der Waals surface area contributed by atoms with E-state index in [-0.39, 0.29) is 57.2 Å². The van der Waals surface area contributed by atoms with Gasteiger partial charge in [-0.05, 0) is 63.4 Å². The molecule has 0 radical (unpaired) electrons. The van der Waals surface area contributed by atoms with Crippen LogP contribution in [0.15, 0.2) is 64.7 Å². The molecule has 0 saturated carbocycles. The van der Waals surface area contributed by atoms with Crippen molar-refractivity contribution < 1.29 is 57.8 Å². The summed E-state index contributed by atoms with van der Waals surface area (Å²) < 4.78 is 38.9. The molecule has 0 aromatic heterocycles. The van der Waals surface area contributed by atoms with E-state index in [9.17, 15) is 24.6 Å². The Morgan fingerprint density at radius 2 is 1.55 bits per heavy atom. The maximum atomic E-state index is 12.8. The van der Waals surface area contributed by atoms with Gasteiger partial charge in [-0.1, -0.05) is 56.5 Å². The maximum Gasteiger partial charge on any atom is 0.364 e. The number of ketones is 1. The number of amides is 1. The first-order chi connectivity index (χ1) is 30.2. The molecule has 0 fully saturated rings. The second kappa shape index (κ2) is 34.2. The Balaban J connectivity index is 1.56. The molecule has 2 aromatic rings. The van der Waals surface area contributed by atoms with Gasteiger partial charge in [-0.3, -0.25) is 14.6 Å². The highest BCUT2D eigenvalue weighted by Gasteiger charge is 2.40. The Kier molecular flexibility index (Phi) is 29.7. The number of Topliss-reactive ketones (excluding diaryl/α,β-unsaturated/α-hetero) is 1. The second-order valence-corrected chi connectivity index (χ2v) is 14.5. The van der Waals surface area contributed by atoms with E-state index in [1.165, 1.54) is 13.3 Å². The summed E-state index contributed by atoms with van der Waals surface area (Å²) in [5.74, 6) is 3.66. The van der Waals surface area contributed by atoms with Crippen LogP contribution < -0.4 is 21.2 Å². The minimum atomic E-state index is -1.88. The lowest BCUT2D eigenvalue weighted by Gasteiger charge is -2.30. The molecule has 0 aliphatic carbocycles. The van der Waals surface area contributed by atoms with Gasteiger partial charge in [-0.25, -0.2) is 4.79 Å². The lowest BCUT2D eigenvalue weighted by molar-refractivity contribution is -0.241. The van der Waals surface area contributed by atoms with Crippen molar-refractivity contribution in [3.05, 3.63) is 60.2 Å². The van der Waals surface area contributed by atoms with Gasteiger partial charge in [0.15, 0.2) is 5.78 Å². The fourth-order valence-corrected chi connectivity index (χ4v) is 6.06. The molecule has 17 nitrogen and oxygen atoms in total. The van der Waals surface area contributed by atoms with E-state index in [0.717, 1.165) is 25.7 Å². The Labute approximate surface area is 367 Å². The molecule has 348 valence electrons. The van der Waals surface area contributed by atoms with Crippen LogP contribution in [0, 0.1) is 0 Å². The minimum Gasteiger partial charge on any atom is -0.477 e. The van der Waals surface area contributed by atoms with Crippen molar-refractivity contribution in [3.8, 4) is 11.5 Å². The average molecular weight is 874 g/mol. The molecule has 0 heterocycles. The van der Waals surface area contributed by atoms with Gasteiger partial charge < -0.3 is 59.8 Å². The number of carbonyl (C=O) groups is 3. The monoisotopic (exact) mass is 874 g/mol. The fourth-order valence-electron chi connectivity index (χ4n) is 6.06. The van der Waals surface area contributed by atoms with E-state index < -0.39 is 17.9 Å². The van der Waals surface area contributed by atoms with Crippen molar-refractivity contribution in [1.82, 2.24) is 10.6 Å². The molecule has 17 heteroatoms. The van der Waals surface area contributed by atoms with Gasteiger partial charge in [0.05, 0.1) is 72.1 Å². The van der Waals surface area contributed by atoms with Gasteiger partial charge in [0.25, 0.3) is 5.79 Å². The van der Waals surface area contributed by atoms with Crippen molar-refractivity contribution in [1.29, 1.82) is 0 Å². The third kappa shape index (κ3) is 24.3. The smallest absolute Gasteiger partial charge is 0.364 e. The second-order valence-electron chi connectivity index (χ2n) is 14.5. The molecule has 0 bridgehead atoms. The Morgan fingerprint density at radius 1 is 0.839 bits per heavy atom. The summed E-state index contributed by atoms with van der Waals surface area (Å²) in [5, 5.41) is 30.5. The van der Waals surface area contributed by atoms with Crippen molar-refractivity contribution >= 4 is 29.6 Å². The topological polar surface area (TPSA) is 231 Å². The highest BCUT2D eigenvalue weighted by molar-refractivity contribution is 6.31. The van der Waals surface area contributed by atoms with Gasteiger partial charge in [0.1, 0.15) is 17.2 Å². The molecular formula is C45H71N5O12. The number of aliphatic imine (C=N–C) groups is 1. The molecule has 6 N–H and O–H groups in total. The molecule has 0 aliphatic heterocycles. The van der Waals surface area contributed by atoms with E-state index in [4.69, 9.17) is 39.0 Å². The van der Waals surface area contributed by atoms with Crippen molar-refractivity contribution in [2.75, 3.05) is 86.7 Å². The van der Waals surface area contributed by atoms with E-state index in [1.807, 2.05) is 42.5 Å². The number of hydrogen-bond acceptors (Lipinski definition) is 15. The Bertz CT molecular complexity index is 1570. The number of benzene rings is 2. The van der Waals surface area contributed by atoms with Crippen LogP contribution in [-0.4, -0.2) is 144 Å². The van der Waals surface area contributed by atoms with E-state index >= 15 is 0 Å². The number of methoxy groups -OCH3 is 1. The maximum absolute atomic E-state index is 12.8. The number of nitrogens with one attached hydrogen (secondary N) is 2. The van der Waals surface area contributed by atoms with Crippen molar-refractivity contribution in [2.45, 2.75) is 95.5 Å². The van der Waals surface area contributed by atoms with Gasteiger partial charge in [-0.2, -0.15) is 5.10 Å². The predicted octanol–water partition coefficient (Wildman–Crippen LogP) is 4.93. The van der Waals surface area contributed by atoms with Crippen LogP contribution >= 0.6 is 0 Å². The molecular weight excluding hydrogens is 803 g/mol. The summed E-state index contributed by atoms with van der Waals surface area (Å²) in [7, 11) is 3.05. The number of nitrogens with two attached hydrogens (primary N) is 1. The normalized spacial score (nSPS) is 13.8. The number of aliphatic hydroxyl groups excluding tert-OH is 1. The van der Waals surface area contributed by atoms with Crippen molar-refractivity contribution in [3.63, 3.8) is 0 Å². The van der Waals surface area contributed by atoms with Crippen molar-refractivity contribution in [2.24, 2.45) is 15.9 Å². The number of hydrazone groups is 1. The van der Waals surface area contributed by atoms with Crippen LogP contribution in [-0.2, 0) is 38.0 Å². The lowest BCUT2D eigenvalue weighted by Crippen LogP contribution is -2.46. The molecule has 0 aliphatic rings. The standard InChI is InChI=1S/C45H71N5O12/c1-4-5-22-49-43(53)20-24-57-26-27-58-25-23-48-34-38(50-46)35-60-29-28-59-30-31-61-45(56-3,44(54)55)21-19-37(47-2)33-39(51)14-8-6-11-18-42(52)36-13-12-17-41(32-36)62-40-15-9-7-10-16-40/h7,9-10,12-13,15-17,32,34,37,39,47,51H,4-6,8,11,14,18-31,33,35,46H2,1-3H3,(H,49,53)(H,54,55)/t37-,39-,45?/m1/s1. The average Bonchev–Trinajstić information content (AvgIpc) is 3.27. The zero-order chi connectivity index (χ0) is 45.1. The van der Waals surface area contributed by atoms with Gasteiger partial charge in [0.2, 0.25) is 5.91 Å². The zero-order valence-electron chi connectivity index (χ0n) is 36.9. The van der Waals surface area contributed by atoms with Crippen LogP contribution in [0.25, 0.3) is 0 Å². The summed E-state index contributed by atoms with van der Waals surface area (Å²) in [6.45, 7) is 5.32. The molecule has 1 unspecified atom stereocenters. The number of unbranched alkanes of at least 4 members (excludes halogenated alkanes) is 3. The first-order valence-corrected chi connectivity index (χ1v) is 21.6. The number of carboxylic acid groups (broad SMARTS) is 1. The van der Waals surface area contributed by atoms with Crippen LogP contribution in [0.3, 0.4) is 0 Å². The van der Waals surface area contributed by atoms with Gasteiger partial charge in [-0.15, -0.1) is 0 Å². The fraction of sp³-hybridized carbons (Fsp3) is 0.622. The summed E-state index contributed by atoms with van der Waals surface area (Å²) in [4.78, 5) is 40.9. The SMILES string of the molecule is CCCCNC(=O)CCOCCOCCN=CC(COCCOCCOC(CC[C@H](C[C@H](O)CCCCCC(=O)c1cccc(Oc2ccccc2)c1)NC)(OC)C(=O)O)=NN. The van der Waals surface area contributed by atoms with Gasteiger partial charge in [0, 0.05) is 50.7 Å². The molecule has 62 heavy (non-hydrogen) atoms. The number of carbonyl (C=O) groups excluding carboxylic acids is 2. The number of ether oxygens (including phenoxy) is 7. The summed E-state index contributed by atoms with van der Waals surface area (Å²) >= 11 is 0. The highest BCUT2D eigenvalue weighted by atomic mass is 16.7. The van der Waals surface area contributed by atoms with E-state index in [2.05, 4.69) is 27.7 Å². The van der Waals surface area contributed by atoms with Gasteiger partial charge >= 0.3 is 5.97 Å². The lowest BCUT2D eigenvalue weighted by atomic mass is 9.97. The predicted molar refractivity (Wildman–Crippen MR) is 237 cm³/mol. The first kappa shape index (κ1) is 53.8. The number of hydrogen-bond donors (Lipinski definition) is 5. The molecule has 1 amide bonds. The summed E-state index contributed by atoms with van der Waals surface area (Å²) in [6.07, 6.45) is 7.29. The number of aliphatic hydroxyl groups is 1. The quantitative estimate of drug-likeness (QED) is 0.0150. The summed E-state index contributed by atoms with van der Waals surface area (Å²) in [5.41, 5.74) is 1.04. The van der Waals surface area contributed by atoms with Crippen LogP contribution in [0.4, 0.5) is 0 Å². The van der Waals surface area contributed by atoms with E-state index in [1.54, 1.807) is 19.2 Å². The van der Waals surface area contributed by atoms with Crippen LogP contribution in [0.1, 0.15) is 87.9 Å². The number of carboxylic acids is 1. The summed E-state index contributed by atoms with van der Waals surface area (Å²) in [6, 6.07) is 16.4. The number of nitrogens with zero attached hydrogens (tertiary/aromatic N) is 2.